The maximum absolute atomic E-state index is 14.4. The number of carboxylic acid groups (broad SMARTS) is 2. The van der Waals surface area contributed by atoms with Crippen LogP contribution in [-0.2, 0) is 19.2 Å². The van der Waals surface area contributed by atoms with Crippen molar-refractivity contribution in [2.24, 2.45) is 11.3 Å². The summed E-state index contributed by atoms with van der Waals surface area (Å²) < 4.78 is -0.839. The maximum atomic E-state index is 14.4. The van der Waals surface area contributed by atoms with E-state index in [9.17, 15) is 29.4 Å². The molecule has 2 amide bonds. The van der Waals surface area contributed by atoms with Crippen molar-refractivity contribution in [3.8, 4) is 0 Å². The summed E-state index contributed by atoms with van der Waals surface area (Å²) in [6.45, 7) is 2.81. The van der Waals surface area contributed by atoms with Gasteiger partial charge in [-0.05, 0) is 18.1 Å². The average molecular weight is 639 g/mol. The van der Waals surface area contributed by atoms with Gasteiger partial charge in [-0.25, -0.2) is 0 Å². The van der Waals surface area contributed by atoms with E-state index < -0.39 is 52.9 Å². The number of carboxylic acids is 2. The van der Waals surface area contributed by atoms with E-state index in [1.54, 1.807) is 0 Å². The number of hydrogen-bond acceptors (Lipinski definition) is 8. The number of carbonyl (C=O) groups excluding carboxylic acids is 2. The Labute approximate surface area is 261 Å². The highest BCUT2D eigenvalue weighted by molar-refractivity contribution is 8.26. The molecule has 3 fully saturated rings. The number of carbonyl (C=O) groups is 4. The van der Waals surface area contributed by atoms with Crippen molar-refractivity contribution in [2.45, 2.75) is 24.5 Å². The molecule has 1 aliphatic carbocycles. The molecule has 2 heterocycles. The third kappa shape index (κ3) is 5.00. The van der Waals surface area contributed by atoms with Crippen LogP contribution in [0.2, 0.25) is 0 Å². The van der Waals surface area contributed by atoms with Gasteiger partial charge < -0.3 is 10.2 Å². The predicted molar refractivity (Wildman–Crippen MR) is 171 cm³/mol. The first-order chi connectivity index (χ1) is 19.9. The lowest BCUT2D eigenvalue weighted by molar-refractivity contribution is -0.146. The fourth-order valence-electron chi connectivity index (χ4n) is 6.53. The normalized spacial score (nSPS) is 28.6. The fourth-order valence-corrected chi connectivity index (χ4v) is 10.3. The average Bonchev–Trinajstić information content (AvgIpc) is 3.32. The van der Waals surface area contributed by atoms with Crippen LogP contribution in [-0.4, -0.2) is 70.2 Å². The Morgan fingerprint density at radius 3 is 2.10 bits per heavy atom. The zero-order valence-electron chi connectivity index (χ0n) is 22.6. The maximum Gasteiger partial charge on any atom is 0.323 e. The molecule has 1 spiro atoms. The number of nitrogens with zero attached hydrogens (tertiary/aromatic N) is 2. The Kier molecular flexibility index (Phi) is 8.18. The van der Waals surface area contributed by atoms with Gasteiger partial charge in [0.15, 0.2) is 0 Å². The third-order valence-corrected chi connectivity index (χ3v) is 11.1. The van der Waals surface area contributed by atoms with E-state index in [0.717, 1.165) is 38.3 Å². The first kappa shape index (κ1) is 30.1. The van der Waals surface area contributed by atoms with E-state index in [0.29, 0.717) is 0 Å². The van der Waals surface area contributed by atoms with Gasteiger partial charge in [-0.1, -0.05) is 133 Å². The monoisotopic (exact) mass is 638 g/mol. The molecule has 2 aromatic carbocycles. The van der Waals surface area contributed by atoms with Crippen LogP contribution < -0.4 is 0 Å². The van der Waals surface area contributed by atoms with Crippen LogP contribution in [0.1, 0.15) is 30.9 Å². The number of rotatable bonds is 8. The van der Waals surface area contributed by atoms with Gasteiger partial charge in [0.1, 0.15) is 26.5 Å². The Morgan fingerprint density at radius 2 is 1.50 bits per heavy atom. The lowest BCUT2D eigenvalue weighted by atomic mass is 9.43. The molecule has 4 atom stereocenters. The summed E-state index contributed by atoms with van der Waals surface area (Å²) in [4.78, 5) is 53.4. The van der Waals surface area contributed by atoms with Crippen LogP contribution in [0.3, 0.4) is 0 Å². The van der Waals surface area contributed by atoms with Crippen LogP contribution in [0.25, 0.3) is 6.08 Å². The summed E-state index contributed by atoms with van der Waals surface area (Å²) in [7, 11) is 0. The minimum atomic E-state index is -1.18. The lowest BCUT2D eigenvalue weighted by Gasteiger charge is -2.64. The molecule has 216 valence electrons. The van der Waals surface area contributed by atoms with Gasteiger partial charge in [0.2, 0.25) is 5.91 Å². The molecule has 0 bridgehead atoms. The molecule has 2 aromatic rings. The minimum Gasteiger partial charge on any atom is -0.480 e. The first-order valence-corrected chi connectivity index (χ1v) is 15.4. The zero-order valence-corrected chi connectivity index (χ0v) is 25.8. The van der Waals surface area contributed by atoms with E-state index in [1.165, 1.54) is 11.8 Å². The van der Waals surface area contributed by atoms with E-state index in [2.05, 4.69) is 0 Å². The Balaban J connectivity index is 1.71. The van der Waals surface area contributed by atoms with E-state index in [1.807, 2.05) is 86.7 Å². The minimum absolute atomic E-state index is 0.149. The van der Waals surface area contributed by atoms with E-state index >= 15 is 0 Å². The first-order valence-electron chi connectivity index (χ1n) is 12.9. The van der Waals surface area contributed by atoms with Gasteiger partial charge in [0.05, 0.1) is 4.91 Å². The van der Waals surface area contributed by atoms with Crippen molar-refractivity contribution < 1.29 is 29.4 Å². The second-order valence-corrected chi connectivity index (χ2v) is 14.1. The van der Waals surface area contributed by atoms with Gasteiger partial charge in [0.25, 0.3) is 5.91 Å². The van der Waals surface area contributed by atoms with Crippen LogP contribution in [0.4, 0.5) is 0 Å². The number of hydrogen-bond donors (Lipinski definition) is 2. The summed E-state index contributed by atoms with van der Waals surface area (Å²) >= 11 is 13.2. The molecule has 2 N–H and O–H groups in total. The highest BCUT2D eigenvalue weighted by Gasteiger charge is 2.76. The largest absolute Gasteiger partial charge is 0.480 e. The second-order valence-electron chi connectivity index (χ2n) is 10.5. The van der Waals surface area contributed by atoms with Crippen LogP contribution in [0, 0.1) is 11.3 Å². The molecule has 0 aromatic heterocycles. The molecule has 12 heteroatoms. The third-order valence-electron chi connectivity index (χ3n) is 7.84. The van der Waals surface area contributed by atoms with Gasteiger partial charge in [0, 0.05) is 17.3 Å². The SMILES string of the molecule is C/C(=C\c1ccccc1)C1C(C)(/C=C2\SC(=S)N(CC(=O)O)C2=O)C(c2ccccc2)C12SC(=S)N(CC(=O)O)C2=O. The molecule has 4 unspecified atom stereocenters. The highest BCUT2D eigenvalue weighted by Crippen LogP contribution is 2.74. The van der Waals surface area contributed by atoms with Crippen molar-refractivity contribution >= 4 is 86.4 Å². The van der Waals surface area contributed by atoms with Crippen molar-refractivity contribution in [3.05, 3.63) is 88.3 Å². The highest BCUT2D eigenvalue weighted by atomic mass is 32.2. The van der Waals surface area contributed by atoms with Crippen LogP contribution >= 0.6 is 48.0 Å². The fraction of sp³-hybridized carbons (Fsp3) is 0.267. The predicted octanol–water partition coefficient (Wildman–Crippen LogP) is 5.02. The summed E-state index contributed by atoms with van der Waals surface area (Å²) in [6, 6.07) is 19.1. The van der Waals surface area contributed by atoms with Crippen molar-refractivity contribution in [3.63, 3.8) is 0 Å². The van der Waals surface area contributed by atoms with E-state index in [-0.39, 0.29) is 19.5 Å². The zero-order chi connectivity index (χ0) is 30.4. The molecule has 5 rings (SSSR count). The smallest absolute Gasteiger partial charge is 0.323 e. The molecule has 0 radical (unpaired) electrons. The molecule has 42 heavy (non-hydrogen) atoms. The number of benzene rings is 2. The number of aliphatic carboxylic acids is 2. The number of thioether (sulfide) groups is 2. The molecular weight excluding hydrogens is 613 g/mol. The van der Waals surface area contributed by atoms with Crippen LogP contribution in [0.15, 0.2) is 77.2 Å². The van der Waals surface area contributed by atoms with Crippen LogP contribution in [0.5, 0.6) is 0 Å². The number of amides is 2. The van der Waals surface area contributed by atoms with Crippen molar-refractivity contribution in [1.29, 1.82) is 0 Å². The van der Waals surface area contributed by atoms with Gasteiger partial charge in [-0.3, -0.25) is 29.0 Å². The van der Waals surface area contributed by atoms with Gasteiger partial charge in [-0.15, -0.1) is 0 Å². The second kappa shape index (κ2) is 11.4. The molecule has 3 aliphatic rings. The van der Waals surface area contributed by atoms with Gasteiger partial charge >= 0.3 is 11.9 Å². The lowest BCUT2D eigenvalue weighted by Crippen LogP contribution is -2.68. The van der Waals surface area contributed by atoms with Gasteiger partial charge in [-0.2, -0.15) is 0 Å². The molecule has 8 nitrogen and oxygen atoms in total. The molecular formula is C30H26N2O6S4. The molecule has 2 aliphatic heterocycles. The number of allylic oxidation sites excluding steroid dienone is 2. The van der Waals surface area contributed by atoms with Crippen molar-refractivity contribution in [1.82, 2.24) is 9.80 Å². The van der Waals surface area contributed by atoms with E-state index in [4.69, 9.17) is 24.4 Å². The molecule has 1 saturated carbocycles. The Morgan fingerprint density at radius 1 is 0.929 bits per heavy atom. The summed E-state index contributed by atoms with van der Waals surface area (Å²) in [5, 5.41) is 18.9. The summed E-state index contributed by atoms with van der Waals surface area (Å²) in [6.07, 6.45) is 3.81. The Bertz CT molecular complexity index is 1580. The standard InChI is InChI=1S/C30H26N2O6S4/c1-17(13-18-9-5-3-6-10-18)23-29(2,14-20-25(37)31(15-21(33)34)27(39)41-20)24(19-11-7-4-8-12-19)30(23)26(38)32(16-22(35)36)28(40)42-30/h3-14,23-24H,15-16H2,1-2H3,(H,33,34)(H,35,36)/b17-13+,20-14-. The summed E-state index contributed by atoms with van der Waals surface area (Å²) in [5.41, 5.74) is 1.76. The van der Waals surface area contributed by atoms with Crippen molar-refractivity contribution in [2.75, 3.05) is 13.1 Å². The molecule has 2 saturated heterocycles. The quantitative estimate of drug-likeness (QED) is 0.302. The Hall–Kier alpha value is -3.32. The summed E-state index contributed by atoms with van der Waals surface area (Å²) in [5.74, 6) is -4.25. The number of thiocarbonyl (C=S) groups is 2. The topological polar surface area (TPSA) is 115 Å².